The van der Waals surface area contributed by atoms with Gasteiger partial charge in [-0.3, -0.25) is 10.1 Å². The van der Waals surface area contributed by atoms with Gasteiger partial charge in [0, 0.05) is 17.9 Å². The van der Waals surface area contributed by atoms with E-state index in [1.54, 1.807) is 11.8 Å². The molecule has 1 unspecified atom stereocenters. The van der Waals surface area contributed by atoms with Crippen LogP contribution >= 0.6 is 11.8 Å². The third-order valence-corrected chi connectivity index (χ3v) is 3.03. The van der Waals surface area contributed by atoms with E-state index in [1.165, 1.54) is 12.1 Å². The highest BCUT2D eigenvalue weighted by Gasteiger charge is 2.17. The molecule has 7 heteroatoms. The molecule has 6 nitrogen and oxygen atoms in total. The van der Waals surface area contributed by atoms with Gasteiger partial charge in [-0.2, -0.15) is 11.8 Å². The number of aromatic nitrogens is 1. The van der Waals surface area contributed by atoms with Crippen molar-refractivity contribution in [3.05, 3.63) is 22.2 Å². The summed E-state index contributed by atoms with van der Waals surface area (Å²) in [6, 6.07) is 2.95. The second-order valence-electron chi connectivity index (χ2n) is 3.57. The lowest BCUT2D eigenvalue weighted by Crippen LogP contribution is -2.22. The van der Waals surface area contributed by atoms with Gasteiger partial charge in [0.2, 0.25) is 5.82 Å². The van der Waals surface area contributed by atoms with Crippen molar-refractivity contribution in [2.45, 2.75) is 19.4 Å². The Bertz CT molecular complexity index is 400. The maximum absolute atomic E-state index is 10.8. The first kappa shape index (κ1) is 13.6. The summed E-state index contributed by atoms with van der Waals surface area (Å²) in [5, 5.41) is 13.9. The second-order valence-corrected chi connectivity index (χ2v) is 4.48. The van der Waals surface area contributed by atoms with E-state index in [4.69, 9.17) is 5.73 Å². The molecular formula is C10H16N4O2S. The first-order valence-electron chi connectivity index (χ1n) is 5.24. The summed E-state index contributed by atoms with van der Waals surface area (Å²) in [6.07, 6.45) is 2.86. The van der Waals surface area contributed by atoms with Crippen molar-refractivity contribution in [3.8, 4) is 0 Å². The molecule has 0 fully saturated rings. The molecule has 0 aromatic carbocycles. The number of nitrogens with two attached hydrogens (primary N) is 1. The van der Waals surface area contributed by atoms with E-state index in [2.05, 4.69) is 10.3 Å². The standard InChI is InChI=1S/C10H16N4O2S/c1-3-7(6-17-2)12-10-8(14(15)16)4-5-9(11)13-10/h4-5,7H,3,6H2,1-2H3,(H3,11,12,13). The van der Waals surface area contributed by atoms with Crippen LogP contribution in [0.15, 0.2) is 12.1 Å². The van der Waals surface area contributed by atoms with Crippen molar-refractivity contribution in [2.24, 2.45) is 0 Å². The summed E-state index contributed by atoms with van der Waals surface area (Å²) in [5.74, 6) is 1.39. The quantitative estimate of drug-likeness (QED) is 0.598. The van der Waals surface area contributed by atoms with Crippen LogP contribution in [0.4, 0.5) is 17.3 Å². The smallest absolute Gasteiger partial charge is 0.311 e. The lowest BCUT2D eigenvalue weighted by molar-refractivity contribution is -0.384. The van der Waals surface area contributed by atoms with E-state index in [9.17, 15) is 10.1 Å². The summed E-state index contributed by atoms with van der Waals surface area (Å²) in [6.45, 7) is 2.02. The molecule has 0 bridgehead atoms. The third kappa shape index (κ3) is 3.77. The Balaban J connectivity index is 2.94. The molecule has 3 N–H and O–H groups in total. The zero-order valence-corrected chi connectivity index (χ0v) is 10.7. The van der Waals surface area contributed by atoms with Crippen molar-refractivity contribution in [2.75, 3.05) is 23.1 Å². The number of nitrogen functional groups attached to an aromatic ring is 1. The van der Waals surface area contributed by atoms with Crippen molar-refractivity contribution in [3.63, 3.8) is 0 Å². The molecule has 94 valence electrons. The molecule has 0 saturated carbocycles. The average molecular weight is 256 g/mol. The van der Waals surface area contributed by atoms with Gasteiger partial charge in [0.25, 0.3) is 0 Å². The van der Waals surface area contributed by atoms with Crippen molar-refractivity contribution in [1.82, 2.24) is 4.98 Å². The zero-order chi connectivity index (χ0) is 12.8. The van der Waals surface area contributed by atoms with Crippen LogP contribution in [0.1, 0.15) is 13.3 Å². The van der Waals surface area contributed by atoms with E-state index < -0.39 is 4.92 Å². The average Bonchev–Trinajstić information content (AvgIpc) is 2.28. The number of pyridine rings is 1. The number of hydrogen-bond donors (Lipinski definition) is 2. The Kier molecular flexibility index (Phi) is 5.02. The lowest BCUT2D eigenvalue weighted by Gasteiger charge is -2.16. The van der Waals surface area contributed by atoms with E-state index in [0.717, 1.165) is 12.2 Å². The predicted molar refractivity (Wildman–Crippen MR) is 71.4 cm³/mol. The highest BCUT2D eigenvalue weighted by atomic mass is 32.2. The minimum Gasteiger partial charge on any atom is -0.384 e. The fraction of sp³-hybridized carbons (Fsp3) is 0.500. The Morgan fingerprint density at radius 1 is 1.65 bits per heavy atom. The number of nitrogens with zero attached hydrogens (tertiary/aromatic N) is 2. The summed E-state index contributed by atoms with van der Waals surface area (Å²) in [4.78, 5) is 14.4. The molecule has 0 aliphatic rings. The van der Waals surface area contributed by atoms with Gasteiger partial charge in [-0.1, -0.05) is 6.92 Å². The van der Waals surface area contributed by atoms with E-state index in [-0.39, 0.29) is 23.4 Å². The molecule has 1 heterocycles. The van der Waals surface area contributed by atoms with Crippen LogP contribution in [-0.2, 0) is 0 Å². The minimum absolute atomic E-state index is 0.0428. The predicted octanol–water partition coefficient (Wildman–Crippen LogP) is 2.13. The van der Waals surface area contributed by atoms with Gasteiger partial charge in [-0.15, -0.1) is 0 Å². The number of thioether (sulfide) groups is 1. The van der Waals surface area contributed by atoms with Gasteiger partial charge in [0.15, 0.2) is 0 Å². The molecule has 0 radical (unpaired) electrons. The minimum atomic E-state index is -0.458. The molecule has 1 aromatic rings. The maximum atomic E-state index is 10.8. The lowest BCUT2D eigenvalue weighted by atomic mass is 10.2. The topological polar surface area (TPSA) is 94.1 Å². The monoisotopic (exact) mass is 256 g/mol. The van der Waals surface area contributed by atoms with Crippen molar-refractivity contribution < 1.29 is 4.92 Å². The first-order valence-corrected chi connectivity index (χ1v) is 6.64. The van der Waals surface area contributed by atoms with Gasteiger partial charge >= 0.3 is 5.69 Å². The number of rotatable bonds is 6. The van der Waals surface area contributed by atoms with Crippen LogP contribution in [0.2, 0.25) is 0 Å². The van der Waals surface area contributed by atoms with Crippen LogP contribution in [0.5, 0.6) is 0 Å². The molecule has 1 aromatic heterocycles. The third-order valence-electron chi connectivity index (χ3n) is 2.29. The summed E-state index contributed by atoms with van der Waals surface area (Å²) in [7, 11) is 0. The zero-order valence-electron chi connectivity index (χ0n) is 9.84. The van der Waals surface area contributed by atoms with Gasteiger partial charge in [0.1, 0.15) is 5.82 Å². The fourth-order valence-corrected chi connectivity index (χ4v) is 2.10. The maximum Gasteiger partial charge on any atom is 0.311 e. The molecule has 0 aliphatic heterocycles. The molecule has 17 heavy (non-hydrogen) atoms. The highest BCUT2D eigenvalue weighted by Crippen LogP contribution is 2.24. The van der Waals surface area contributed by atoms with E-state index >= 15 is 0 Å². The SMILES string of the molecule is CCC(CSC)Nc1nc(N)ccc1[N+](=O)[O-]. The van der Waals surface area contributed by atoms with Crippen LogP contribution in [0.3, 0.4) is 0 Å². The molecular weight excluding hydrogens is 240 g/mol. The molecule has 1 atom stereocenters. The fourth-order valence-electron chi connectivity index (χ4n) is 1.38. The van der Waals surface area contributed by atoms with E-state index in [0.29, 0.717) is 0 Å². The number of nitrogens with one attached hydrogen (secondary N) is 1. The highest BCUT2D eigenvalue weighted by molar-refractivity contribution is 7.98. The number of nitro groups is 1. The first-order chi connectivity index (χ1) is 8.08. The van der Waals surface area contributed by atoms with Gasteiger partial charge in [0.05, 0.1) is 4.92 Å². The normalized spacial score (nSPS) is 12.1. The summed E-state index contributed by atoms with van der Waals surface area (Å²) >= 11 is 1.68. The van der Waals surface area contributed by atoms with Gasteiger partial charge in [-0.05, 0) is 18.7 Å². The molecule has 0 spiro atoms. The Labute approximate surface area is 104 Å². The van der Waals surface area contributed by atoms with Crippen LogP contribution in [0.25, 0.3) is 0 Å². The number of anilines is 2. The Hall–Kier alpha value is -1.50. The van der Waals surface area contributed by atoms with Crippen molar-refractivity contribution >= 4 is 29.1 Å². The molecule has 1 rings (SSSR count). The number of hydrogen-bond acceptors (Lipinski definition) is 6. The Morgan fingerprint density at radius 3 is 2.88 bits per heavy atom. The van der Waals surface area contributed by atoms with E-state index in [1.807, 2.05) is 13.2 Å². The van der Waals surface area contributed by atoms with Crippen molar-refractivity contribution in [1.29, 1.82) is 0 Å². The Morgan fingerprint density at radius 2 is 2.35 bits per heavy atom. The molecule has 0 amide bonds. The van der Waals surface area contributed by atoms with Crippen LogP contribution < -0.4 is 11.1 Å². The molecule has 0 aliphatic carbocycles. The van der Waals surface area contributed by atoms with Gasteiger partial charge in [-0.25, -0.2) is 4.98 Å². The van der Waals surface area contributed by atoms with Crippen LogP contribution in [0, 0.1) is 10.1 Å². The largest absolute Gasteiger partial charge is 0.384 e. The van der Waals surface area contributed by atoms with Gasteiger partial charge < -0.3 is 11.1 Å². The summed E-state index contributed by atoms with van der Waals surface area (Å²) in [5.41, 5.74) is 5.50. The molecule has 0 saturated heterocycles. The second kappa shape index (κ2) is 6.29. The summed E-state index contributed by atoms with van der Waals surface area (Å²) < 4.78 is 0. The van der Waals surface area contributed by atoms with Crippen LogP contribution in [-0.4, -0.2) is 28.0 Å².